The van der Waals surface area contributed by atoms with Crippen LogP contribution in [0.15, 0.2) is 54.7 Å². The molecule has 31 heavy (non-hydrogen) atoms. The van der Waals surface area contributed by atoms with E-state index in [1.807, 2.05) is 76.2 Å². The molecule has 0 N–H and O–H groups in total. The second-order valence-electron chi connectivity index (χ2n) is 7.86. The maximum absolute atomic E-state index is 13.5. The van der Waals surface area contributed by atoms with Crippen LogP contribution in [0.2, 0.25) is 0 Å². The van der Waals surface area contributed by atoms with Gasteiger partial charge >= 0.3 is 5.97 Å². The van der Waals surface area contributed by atoms with E-state index in [0.29, 0.717) is 17.9 Å². The van der Waals surface area contributed by atoms with Crippen LogP contribution in [0.4, 0.5) is 5.82 Å². The lowest BCUT2D eigenvalue weighted by Crippen LogP contribution is -2.38. The number of aromatic nitrogens is 2. The van der Waals surface area contributed by atoms with Gasteiger partial charge in [0.25, 0.3) is 5.91 Å². The van der Waals surface area contributed by atoms with Crippen LogP contribution in [0.5, 0.6) is 0 Å². The molecule has 6 heteroatoms. The van der Waals surface area contributed by atoms with Crippen LogP contribution in [-0.4, -0.2) is 34.3 Å². The Kier molecular flexibility index (Phi) is 6.90. The van der Waals surface area contributed by atoms with Gasteiger partial charge in [0.05, 0.1) is 13.2 Å². The molecule has 0 spiro atoms. The molecule has 0 fully saturated rings. The van der Waals surface area contributed by atoms with Gasteiger partial charge in [-0.05, 0) is 51.8 Å². The summed E-state index contributed by atoms with van der Waals surface area (Å²) in [5, 5.41) is 4.65. The van der Waals surface area contributed by atoms with Crippen molar-refractivity contribution in [1.29, 1.82) is 0 Å². The molecule has 0 aliphatic rings. The number of carbonyl (C=O) groups is 2. The van der Waals surface area contributed by atoms with Crippen molar-refractivity contribution < 1.29 is 14.3 Å². The van der Waals surface area contributed by atoms with E-state index >= 15 is 0 Å². The Morgan fingerprint density at radius 3 is 2.39 bits per heavy atom. The third kappa shape index (κ3) is 5.02. The topological polar surface area (TPSA) is 64.4 Å². The molecule has 162 valence electrons. The lowest BCUT2D eigenvalue weighted by atomic mass is 10.0. The number of rotatable bonds is 7. The Morgan fingerprint density at radius 2 is 1.77 bits per heavy atom. The van der Waals surface area contributed by atoms with Crippen LogP contribution in [0.1, 0.15) is 58.2 Å². The first-order valence-corrected chi connectivity index (χ1v) is 10.5. The number of anilines is 1. The average Bonchev–Trinajstić information content (AvgIpc) is 3.12. The standard InChI is InChI=1S/C25H29N3O3/c1-6-31-25(30)22-16-27(15-20-10-8-7-9-11-20)26-23(22)28(17(2)3)24(29)21-13-12-18(4)14-19(21)5/h7-14,16-17H,6,15H2,1-5H3. The number of esters is 1. The van der Waals surface area contributed by atoms with Crippen molar-refractivity contribution >= 4 is 17.7 Å². The summed E-state index contributed by atoms with van der Waals surface area (Å²) in [6, 6.07) is 15.4. The number of hydrogen-bond acceptors (Lipinski definition) is 4. The highest BCUT2D eigenvalue weighted by molar-refractivity contribution is 6.09. The van der Waals surface area contributed by atoms with Gasteiger partial charge in [-0.3, -0.25) is 14.4 Å². The fourth-order valence-corrected chi connectivity index (χ4v) is 3.55. The summed E-state index contributed by atoms with van der Waals surface area (Å²) in [4.78, 5) is 27.8. The second-order valence-corrected chi connectivity index (χ2v) is 7.86. The summed E-state index contributed by atoms with van der Waals surface area (Å²) in [6.07, 6.45) is 1.66. The van der Waals surface area contributed by atoms with Crippen LogP contribution in [-0.2, 0) is 11.3 Å². The molecule has 6 nitrogen and oxygen atoms in total. The maximum atomic E-state index is 13.5. The number of amides is 1. The quantitative estimate of drug-likeness (QED) is 0.517. The molecule has 0 unspecified atom stereocenters. The summed E-state index contributed by atoms with van der Waals surface area (Å²) in [5.41, 5.74) is 3.89. The van der Waals surface area contributed by atoms with Gasteiger partial charge in [-0.2, -0.15) is 5.10 Å². The van der Waals surface area contributed by atoms with Crippen LogP contribution in [0.25, 0.3) is 0 Å². The Labute approximate surface area is 183 Å². The zero-order chi connectivity index (χ0) is 22.5. The second kappa shape index (κ2) is 9.60. The SMILES string of the molecule is CCOC(=O)c1cn(Cc2ccccc2)nc1N(C(=O)c1ccc(C)cc1C)C(C)C. The Hall–Kier alpha value is -3.41. The highest BCUT2D eigenvalue weighted by atomic mass is 16.5. The third-order valence-corrected chi connectivity index (χ3v) is 5.00. The van der Waals surface area contributed by atoms with Gasteiger partial charge in [-0.15, -0.1) is 0 Å². The fraction of sp³-hybridized carbons (Fsp3) is 0.320. The summed E-state index contributed by atoms with van der Waals surface area (Å²) in [7, 11) is 0. The molecule has 1 aromatic heterocycles. The minimum atomic E-state index is -0.490. The summed E-state index contributed by atoms with van der Waals surface area (Å²) >= 11 is 0. The van der Waals surface area contributed by atoms with Gasteiger partial charge < -0.3 is 4.74 Å². The maximum Gasteiger partial charge on any atom is 0.343 e. The third-order valence-electron chi connectivity index (χ3n) is 5.00. The zero-order valence-electron chi connectivity index (χ0n) is 18.8. The molecular formula is C25H29N3O3. The molecule has 1 heterocycles. The first-order valence-electron chi connectivity index (χ1n) is 10.5. The minimum absolute atomic E-state index is 0.192. The van der Waals surface area contributed by atoms with E-state index in [1.54, 1.807) is 22.7 Å². The first-order chi connectivity index (χ1) is 14.8. The predicted molar refractivity (Wildman–Crippen MR) is 122 cm³/mol. The molecule has 0 saturated heterocycles. The largest absolute Gasteiger partial charge is 0.462 e. The molecular weight excluding hydrogens is 390 g/mol. The van der Waals surface area contributed by atoms with E-state index in [9.17, 15) is 9.59 Å². The van der Waals surface area contributed by atoms with Crippen molar-refractivity contribution in [3.8, 4) is 0 Å². The fourth-order valence-electron chi connectivity index (χ4n) is 3.55. The average molecular weight is 420 g/mol. The number of carbonyl (C=O) groups excluding carboxylic acids is 2. The summed E-state index contributed by atoms with van der Waals surface area (Å²) in [6.45, 7) is 10.2. The van der Waals surface area contributed by atoms with Crippen molar-refractivity contribution in [3.05, 3.63) is 82.5 Å². The lowest BCUT2D eigenvalue weighted by molar-refractivity contribution is 0.0527. The Bertz CT molecular complexity index is 1070. The van der Waals surface area contributed by atoms with Crippen molar-refractivity contribution in [1.82, 2.24) is 9.78 Å². The summed E-state index contributed by atoms with van der Waals surface area (Å²) in [5.74, 6) is -0.367. The van der Waals surface area contributed by atoms with Crippen LogP contribution in [0, 0.1) is 13.8 Å². The van der Waals surface area contributed by atoms with Gasteiger partial charge in [0.15, 0.2) is 5.82 Å². The van der Waals surface area contributed by atoms with Crippen LogP contribution < -0.4 is 4.90 Å². The Morgan fingerprint density at radius 1 is 1.06 bits per heavy atom. The van der Waals surface area contributed by atoms with Gasteiger partial charge in [0, 0.05) is 17.8 Å². The molecule has 0 saturated carbocycles. The van der Waals surface area contributed by atoms with Crippen molar-refractivity contribution in [3.63, 3.8) is 0 Å². The van der Waals surface area contributed by atoms with Crippen molar-refractivity contribution in [2.24, 2.45) is 0 Å². The number of hydrogen-bond donors (Lipinski definition) is 0. The monoisotopic (exact) mass is 419 g/mol. The van der Waals surface area contributed by atoms with Crippen molar-refractivity contribution in [2.45, 2.75) is 47.2 Å². The molecule has 3 rings (SSSR count). The van der Waals surface area contributed by atoms with E-state index in [-0.39, 0.29) is 24.1 Å². The molecule has 0 atom stereocenters. The minimum Gasteiger partial charge on any atom is -0.462 e. The van der Waals surface area contributed by atoms with Gasteiger partial charge in [-0.25, -0.2) is 4.79 Å². The number of nitrogens with zero attached hydrogens (tertiary/aromatic N) is 3. The highest BCUT2D eigenvalue weighted by Gasteiger charge is 2.30. The molecule has 2 aromatic carbocycles. The molecule has 0 aliphatic carbocycles. The Balaban J connectivity index is 2.06. The van der Waals surface area contributed by atoms with E-state index in [4.69, 9.17) is 4.74 Å². The molecule has 0 aliphatic heterocycles. The smallest absolute Gasteiger partial charge is 0.343 e. The molecule has 0 radical (unpaired) electrons. The van der Waals surface area contributed by atoms with E-state index in [2.05, 4.69) is 5.10 Å². The number of benzene rings is 2. The van der Waals surface area contributed by atoms with E-state index in [1.165, 1.54) is 0 Å². The van der Waals surface area contributed by atoms with Crippen LogP contribution >= 0.6 is 0 Å². The van der Waals surface area contributed by atoms with E-state index < -0.39 is 5.97 Å². The van der Waals surface area contributed by atoms with Gasteiger partial charge in [0.2, 0.25) is 0 Å². The number of ether oxygens (including phenoxy) is 1. The van der Waals surface area contributed by atoms with Crippen molar-refractivity contribution in [2.75, 3.05) is 11.5 Å². The predicted octanol–water partition coefficient (Wildman–Crippen LogP) is 4.78. The highest BCUT2D eigenvalue weighted by Crippen LogP contribution is 2.26. The first kappa shape index (κ1) is 22.3. The lowest BCUT2D eigenvalue weighted by Gasteiger charge is -2.26. The van der Waals surface area contributed by atoms with Gasteiger partial charge in [0.1, 0.15) is 5.56 Å². The number of aryl methyl sites for hydroxylation is 2. The van der Waals surface area contributed by atoms with Crippen LogP contribution in [0.3, 0.4) is 0 Å². The molecule has 0 bridgehead atoms. The molecule has 3 aromatic rings. The normalized spacial score (nSPS) is 10.9. The van der Waals surface area contributed by atoms with Gasteiger partial charge in [-0.1, -0.05) is 48.0 Å². The van der Waals surface area contributed by atoms with E-state index in [0.717, 1.165) is 16.7 Å². The zero-order valence-corrected chi connectivity index (χ0v) is 18.8. The molecule has 1 amide bonds. The summed E-state index contributed by atoms with van der Waals surface area (Å²) < 4.78 is 6.94.